The topological polar surface area (TPSA) is 47.6 Å². The fourth-order valence-electron chi connectivity index (χ4n) is 2.31. The van der Waals surface area contributed by atoms with Crippen LogP contribution in [0.3, 0.4) is 0 Å². The molecule has 0 aliphatic heterocycles. The van der Waals surface area contributed by atoms with Crippen molar-refractivity contribution in [2.75, 3.05) is 14.2 Å². The van der Waals surface area contributed by atoms with Gasteiger partial charge in [-0.05, 0) is 35.7 Å². The molecule has 0 saturated heterocycles. The Kier molecular flexibility index (Phi) is 6.02. The molecule has 4 nitrogen and oxygen atoms in total. The van der Waals surface area contributed by atoms with Crippen molar-refractivity contribution in [2.24, 2.45) is 0 Å². The Labute approximate surface area is 141 Å². The van der Waals surface area contributed by atoms with E-state index >= 15 is 0 Å². The van der Waals surface area contributed by atoms with Crippen LogP contribution in [-0.2, 0) is 16.1 Å². The molecule has 0 saturated carbocycles. The molecule has 1 amide bonds. The number of benzene rings is 2. The van der Waals surface area contributed by atoms with E-state index in [4.69, 9.17) is 21.1 Å². The van der Waals surface area contributed by atoms with Crippen molar-refractivity contribution < 1.29 is 14.3 Å². The summed E-state index contributed by atoms with van der Waals surface area (Å²) in [6.07, 6.45) is -0.673. The molecule has 0 radical (unpaired) electrons. The van der Waals surface area contributed by atoms with E-state index in [0.717, 1.165) is 16.7 Å². The number of likely N-dealkylation sites (N-methyl/N-ethyl adjacent to an activating group) is 1. The molecule has 0 bridgehead atoms. The molecule has 0 aliphatic carbocycles. The van der Waals surface area contributed by atoms with Crippen molar-refractivity contribution in [3.63, 3.8) is 0 Å². The van der Waals surface area contributed by atoms with Gasteiger partial charge in [0.2, 0.25) is 0 Å². The number of carbonyl (C=O) groups excluding carboxylic acids is 1. The van der Waals surface area contributed by atoms with Crippen molar-refractivity contribution in [1.82, 2.24) is 5.32 Å². The van der Waals surface area contributed by atoms with Gasteiger partial charge in [-0.2, -0.15) is 0 Å². The molecule has 1 N–H and O–H groups in total. The molecule has 2 rings (SSSR count). The maximum Gasteiger partial charge on any atom is 0.253 e. The smallest absolute Gasteiger partial charge is 0.253 e. The Balaban J connectivity index is 2.22. The molecule has 0 spiro atoms. The summed E-state index contributed by atoms with van der Waals surface area (Å²) in [6, 6.07) is 13.2. The number of hydrogen-bond acceptors (Lipinski definition) is 3. The Hall–Kier alpha value is -2.04. The van der Waals surface area contributed by atoms with Crippen LogP contribution in [0.1, 0.15) is 22.8 Å². The molecule has 0 fully saturated rings. The van der Waals surface area contributed by atoms with E-state index in [9.17, 15) is 4.79 Å². The van der Waals surface area contributed by atoms with Gasteiger partial charge in [0.25, 0.3) is 5.91 Å². The second kappa shape index (κ2) is 7.99. The minimum Gasteiger partial charge on any atom is -0.487 e. The fraction of sp³-hybridized carbons (Fsp3) is 0.278. The number of hydrogen-bond donors (Lipinski definition) is 1. The standard InChI is InChI=1S/C18H20ClNO3/c1-12-8-9-16(15(19)10-12)23-11-13-6-4-5-7-14(13)17(22-3)18(21)20-2/h4-10,17H,11H2,1-3H3,(H,20,21). The summed E-state index contributed by atoms with van der Waals surface area (Å²) >= 11 is 6.18. The summed E-state index contributed by atoms with van der Waals surface area (Å²) in [5.41, 5.74) is 2.72. The summed E-state index contributed by atoms with van der Waals surface area (Å²) in [7, 11) is 3.09. The van der Waals surface area contributed by atoms with Gasteiger partial charge in [-0.15, -0.1) is 0 Å². The number of rotatable bonds is 6. The number of halogens is 1. The predicted molar refractivity (Wildman–Crippen MR) is 90.8 cm³/mol. The van der Waals surface area contributed by atoms with Gasteiger partial charge in [-0.1, -0.05) is 41.9 Å². The SMILES string of the molecule is CNC(=O)C(OC)c1ccccc1COc1ccc(C)cc1Cl. The second-order valence-electron chi connectivity index (χ2n) is 5.15. The molecule has 122 valence electrons. The minimum atomic E-state index is -0.673. The zero-order valence-electron chi connectivity index (χ0n) is 13.4. The Morgan fingerprint density at radius 2 is 2.00 bits per heavy atom. The lowest BCUT2D eigenvalue weighted by Gasteiger charge is -2.18. The van der Waals surface area contributed by atoms with Crippen molar-refractivity contribution in [2.45, 2.75) is 19.6 Å². The summed E-state index contributed by atoms with van der Waals surface area (Å²) < 4.78 is 11.1. The monoisotopic (exact) mass is 333 g/mol. The van der Waals surface area contributed by atoms with Gasteiger partial charge in [0.15, 0.2) is 6.10 Å². The van der Waals surface area contributed by atoms with Crippen LogP contribution < -0.4 is 10.1 Å². The molecular formula is C18H20ClNO3. The molecule has 1 atom stereocenters. The van der Waals surface area contributed by atoms with Gasteiger partial charge in [0.1, 0.15) is 12.4 Å². The zero-order valence-corrected chi connectivity index (χ0v) is 14.2. The van der Waals surface area contributed by atoms with E-state index in [-0.39, 0.29) is 5.91 Å². The van der Waals surface area contributed by atoms with Crippen LogP contribution in [0.4, 0.5) is 0 Å². The Bertz CT molecular complexity index is 688. The lowest BCUT2D eigenvalue weighted by molar-refractivity contribution is -0.130. The van der Waals surface area contributed by atoms with Crippen molar-refractivity contribution in [3.8, 4) is 5.75 Å². The summed E-state index contributed by atoms with van der Waals surface area (Å²) in [6.45, 7) is 2.27. The molecule has 0 aromatic heterocycles. The molecular weight excluding hydrogens is 314 g/mol. The molecule has 0 heterocycles. The second-order valence-corrected chi connectivity index (χ2v) is 5.56. The highest BCUT2D eigenvalue weighted by molar-refractivity contribution is 6.32. The van der Waals surface area contributed by atoms with E-state index in [2.05, 4.69) is 5.32 Å². The normalized spacial score (nSPS) is 11.8. The van der Waals surface area contributed by atoms with Crippen LogP contribution in [0, 0.1) is 6.92 Å². The van der Waals surface area contributed by atoms with E-state index in [0.29, 0.717) is 17.4 Å². The predicted octanol–water partition coefficient (Wildman–Crippen LogP) is 3.66. The first-order valence-corrected chi connectivity index (χ1v) is 7.65. The zero-order chi connectivity index (χ0) is 16.8. The van der Waals surface area contributed by atoms with E-state index in [1.807, 2.05) is 49.4 Å². The minimum absolute atomic E-state index is 0.201. The summed E-state index contributed by atoms with van der Waals surface area (Å²) in [5, 5.41) is 3.17. The number of nitrogens with one attached hydrogen (secondary N) is 1. The summed E-state index contributed by atoms with van der Waals surface area (Å²) in [5.74, 6) is 0.411. The Morgan fingerprint density at radius 3 is 2.65 bits per heavy atom. The largest absolute Gasteiger partial charge is 0.487 e. The van der Waals surface area contributed by atoms with Crippen molar-refractivity contribution in [1.29, 1.82) is 0 Å². The van der Waals surface area contributed by atoms with Crippen LogP contribution in [0.2, 0.25) is 5.02 Å². The first-order valence-electron chi connectivity index (χ1n) is 7.28. The van der Waals surface area contributed by atoms with Crippen molar-refractivity contribution in [3.05, 3.63) is 64.2 Å². The molecule has 2 aromatic carbocycles. The lowest BCUT2D eigenvalue weighted by Crippen LogP contribution is -2.27. The first-order chi connectivity index (χ1) is 11.1. The molecule has 23 heavy (non-hydrogen) atoms. The van der Waals surface area contributed by atoms with Crippen LogP contribution in [0.15, 0.2) is 42.5 Å². The fourth-order valence-corrected chi connectivity index (χ4v) is 2.60. The molecule has 0 aliphatic rings. The average molecular weight is 334 g/mol. The van der Waals surface area contributed by atoms with E-state index in [1.165, 1.54) is 7.11 Å². The van der Waals surface area contributed by atoms with Crippen molar-refractivity contribution >= 4 is 17.5 Å². The number of aryl methyl sites for hydroxylation is 1. The van der Waals surface area contributed by atoms with Gasteiger partial charge in [0.05, 0.1) is 5.02 Å². The number of carbonyl (C=O) groups is 1. The van der Waals surface area contributed by atoms with Gasteiger partial charge in [-0.3, -0.25) is 4.79 Å². The lowest BCUT2D eigenvalue weighted by atomic mass is 10.0. The third-order valence-electron chi connectivity index (χ3n) is 3.53. The average Bonchev–Trinajstić information content (AvgIpc) is 2.55. The molecule has 5 heteroatoms. The number of methoxy groups -OCH3 is 1. The van der Waals surface area contributed by atoms with E-state index < -0.39 is 6.10 Å². The molecule has 2 aromatic rings. The summed E-state index contributed by atoms with van der Waals surface area (Å²) in [4.78, 5) is 12.0. The highest BCUT2D eigenvalue weighted by Gasteiger charge is 2.21. The van der Waals surface area contributed by atoms with Crippen LogP contribution >= 0.6 is 11.6 Å². The van der Waals surface area contributed by atoms with Gasteiger partial charge < -0.3 is 14.8 Å². The van der Waals surface area contributed by atoms with Crippen LogP contribution in [0.5, 0.6) is 5.75 Å². The van der Waals surface area contributed by atoms with Gasteiger partial charge >= 0.3 is 0 Å². The number of amides is 1. The highest BCUT2D eigenvalue weighted by Crippen LogP contribution is 2.28. The third-order valence-corrected chi connectivity index (χ3v) is 3.82. The highest BCUT2D eigenvalue weighted by atomic mass is 35.5. The maximum absolute atomic E-state index is 12.0. The number of ether oxygens (including phenoxy) is 2. The van der Waals surface area contributed by atoms with E-state index in [1.54, 1.807) is 7.05 Å². The van der Waals surface area contributed by atoms with Crippen LogP contribution in [0.25, 0.3) is 0 Å². The van der Waals surface area contributed by atoms with Gasteiger partial charge in [-0.25, -0.2) is 0 Å². The van der Waals surface area contributed by atoms with Crippen LogP contribution in [-0.4, -0.2) is 20.1 Å². The molecule has 1 unspecified atom stereocenters. The first kappa shape index (κ1) is 17.3. The third kappa shape index (κ3) is 4.24. The quantitative estimate of drug-likeness (QED) is 0.877. The Morgan fingerprint density at radius 1 is 1.26 bits per heavy atom. The van der Waals surface area contributed by atoms with Gasteiger partial charge in [0, 0.05) is 14.2 Å². The maximum atomic E-state index is 12.0.